The van der Waals surface area contributed by atoms with Gasteiger partial charge in [-0.05, 0) is 41.7 Å². The van der Waals surface area contributed by atoms with E-state index in [0.717, 1.165) is 24.2 Å². The van der Waals surface area contributed by atoms with E-state index in [2.05, 4.69) is 25.1 Å². The smallest absolute Gasteiger partial charge is 0.0349 e. The van der Waals surface area contributed by atoms with E-state index in [9.17, 15) is 0 Å². The van der Waals surface area contributed by atoms with Crippen LogP contribution in [-0.2, 0) is 12.8 Å². The predicted octanol–water partition coefficient (Wildman–Crippen LogP) is 3.00. The fourth-order valence-corrected chi connectivity index (χ4v) is 1.99. The van der Waals surface area contributed by atoms with Crippen molar-refractivity contribution in [1.82, 2.24) is 0 Å². The molecule has 0 aliphatic heterocycles. The van der Waals surface area contributed by atoms with E-state index < -0.39 is 0 Å². The molecule has 2 heteroatoms. The third-order valence-electron chi connectivity index (χ3n) is 3.04. The lowest BCUT2D eigenvalue weighted by atomic mass is 10.00. The summed E-state index contributed by atoms with van der Waals surface area (Å²) in [6.45, 7) is 2.12. The Balaban J connectivity index is 2.28. The Morgan fingerprint density at radius 3 is 2.29 bits per heavy atom. The Kier molecular flexibility index (Phi) is 3.33. The minimum atomic E-state index is 0.849. The number of nitrogen functional groups attached to an aromatic ring is 2. The molecule has 2 aromatic carbocycles. The van der Waals surface area contributed by atoms with Crippen LogP contribution in [0.4, 0.5) is 11.4 Å². The van der Waals surface area contributed by atoms with E-state index in [1.807, 2.05) is 24.3 Å². The number of nitrogens with two attached hydrogens (primary N) is 2. The normalized spacial score (nSPS) is 10.4. The highest BCUT2D eigenvalue weighted by Crippen LogP contribution is 2.20. The molecular formula is C15H18N2. The van der Waals surface area contributed by atoms with Crippen LogP contribution in [0.2, 0.25) is 0 Å². The van der Waals surface area contributed by atoms with Gasteiger partial charge in [0.05, 0.1) is 0 Å². The van der Waals surface area contributed by atoms with Crippen LogP contribution in [0.1, 0.15) is 23.6 Å². The van der Waals surface area contributed by atoms with Crippen LogP contribution in [0.15, 0.2) is 42.5 Å². The Bertz CT molecular complexity index is 518. The standard InChI is InChI=1S/C15H18N2/c1-2-12-9-11(7-8-15(12)17)10-13-5-3-4-6-14(13)16/h3-9H,2,10,16-17H2,1H3. The molecule has 0 atom stereocenters. The highest BCUT2D eigenvalue weighted by molar-refractivity contribution is 5.52. The maximum atomic E-state index is 5.94. The minimum absolute atomic E-state index is 0.849. The van der Waals surface area contributed by atoms with Gasteiger partial charge in [0.1, 0.15) is 0 Å². The van der Waals surface area contributed by atoms with Gasteiger partial charge in [-0.1, -0.05) is 37.3 Å². The highest BCUT2D eigenvalue weighted by Gasteiger charge is 2.02. The maximum absolute atomic E-state index is 5.94. The third kappa shape index (κ3) is 2.59. The summed E-state index contributed by atoms with van der Waals surface area (Å²) in [5.41, 5.74) is 17.2. The Labute approximate surface area is 102 Å². The van der Waals surface area contributed by atoms with Gasteiger partial charge in [0, 0.05) is 11.4 Å². The van der Waals surface area contributed by atoms with Crippen LogP contribution in [-0.4, -0.2) is 0 Å². The average Bonchev–Trinajstić information content (AvgIpc) is 2.34. The van der Waals surface area contributed by atoms with Crippen molar-refractivity contribution in [2.75, 3.05) is 11.5 Å². The highest BCUT2D eigenvalue weighted by atomic mass is 14.6. The summed E-state index contributed by atoms with van der Waals surface area (Å²) >= 11 is 0. The van der Waals surface area contributed by atoms with E-state index in [1.54, 1.807) is 0 Å². The van der Waals surface area contributed by atoms with Gasteiger partial charge in [0.2, 0.25) is 0 Å². The van der Waals surface area contributed by atoms with E-state index in [0.29, 0.717) is 0 Å². The first-order valence-electron chi connectivity index (χ1n) is 5.91. The summed E-state index contributed by atoms with van der Waals surface area (Å²) in [6, 6.07) is 14.2. The molecule has 0 aliphatic carbocycles. The lowest BCUT2D eigenvalue weighted by Crippen LogP contribution is -1.98. The molecule has 0 heterocycles. The van der Waals surface area contributed by atoms with Crippen molar-refractivity contribution < 1.29 is 0 Å². The predicted molar refractivity (Wildman–Crippen MR) is 73.9 cm³/mol. The zero-order valence-corrected chi connectivity index (χ0v) is 10.1. The third-order valence-corrected chi connectivity index (χ3v) is 3.04. The first kappa shape index (κ1) is 11.5. The van der Waals surface area contributed by atoms with E-state index in [1.165, 1.54) is 16.7 Å². The van der Waals surface area contributed by atoms with Crippen LogP contribution in [0, 0.1) is 0 Å². The molecule has 0 radical (unpaired) electrons. The zero-order chi connectivity index (χ0) is 12.3. The van der Waals surface area contributed by atoms with Crippen molar-refractivity contribution in [3.05, 3.63) is 59.2 Å². The molecule has 0 unspecified atom stereocenters. The van der Waals surface area contributed by atoms with Crippen LogP contribution >= 0.6 is 0 Å². The lowest BCUT2D eigenvalue weighted by Gasteiger charge is -2.08. The van der Waals surface area contributed by atoms with Crippen molar-refractivity contribution in [2.24, 2.45) is 0 Å². The molecule has 0 bridgehead atoms. The summed E-state index contributed by atoms with van der Waals surface area (Å²) in [6.07, 6.45) is 1.82. The van der Waals surface area contributed by atoms with E-state index in [-0.39, 0.29) is 0 Å². The largest absolute Gasteiger partial charge is 0.399 e. The molecule has 4 N–H and O–H groups in total. The van der Waals surface area contributed by atoms with Crippen molar-refractivity contribution in [3.63, 3.8) is 0 Å². The fraction of sp³-hybridized carbons (Fsp3) is 0.200. The van der Waals surface area contributed by atoms with Gasteiger partial charge in [-0.3, -0.25) is 0 Å². The molecule has 2 rings (SSSR count). The van der Waals surface area contributed by atoms with Crippen LogP contribution < -0.4 is 11.5 Å². The first-order valence-corrected chi connectivity index (χ1v) is 5.91. The molecule has 2 aromatic rings. The topological polar surface area (TPSA) is 52.0 Å². The van der Waals surface area contributed by atoms with Crippen molar-refractivity contribution in [2.45, 2.75) is 19.8 Å². The second-order valence-corrected chi connectivity index (χ2v) is 4.26. The van der Waals surface area contributed by atoms with E-state index >= 15 is 0 Å². The average molecular weight is 226 g/mol. The molecule has 17 heavy (non-hydrogen) atoms. The summed E-state index contributed by atoms with van der Waals surface area (Å²) in [5.74, 6) is 0. The lowest BCUT2D eigenvalue weighted by molar-refractivity contribution is 1.11. The number of hydrogen-bond acceptors (Lipinski definition) is 2. The summed E-state index contributed by atoms with van der Waals surface area (Å²) in [4.78, 5) is 0. The first-order chi connectivity index (χ1) is 8.20. The van der Waals surface area contributed by atoms with Crippen molar-refractivity contribution in [1.29, 1.82) is 0 Å². The number of aryl methyl sites for hydroxylation is 1. The number of para-hydroxylation sites is 1. The summed E-state index contributed by atoms with van der Waals surface area (Å²) in [5, 5.41) is 0. The van der Waals surface area contributed by atoms with Gasteiger partial charge < -0.3 is 11.5 Å². The van der Waals surface area contributed by atoms with Crippen molar-refractivity contribution >= 4 is 11.4 Å². The minimum Gasteiger partial charge on any atom is -0.399 e. The second kappa shape index (κ2) is 4.91. The number of hydrogen-bond donors (Lipinski definition) is 2. The molecule has 0 aliphatic rings. The number of rotatable bonds is 3. The zero-order valence-electron chi connectivity index (χ0n) is 10.1. The monoisotopic (exact) mass is 226 g/mol. The van der Waals surface area contributed by atoms with Gasteiger partial charge in [0.25, 0.3) is 0 Å². The van der Waals surface area contributed by atoms with E-state index in [4.69, 9.17) is 11.5 Å². The molecule has 88 valence electrons. The molecule has 0 saturated carbocycles. The summed E-state index contributed by atoms with van der Waals surface area (Å²) in [7, 11) is 0. The van der Waals surface area contributed by atoms with Crippen LogP contribution in [0.25, 0.3) is 0 Å². The molecule has 0 aromatic heterocycles. The van der Waals surface area contributed by atoms with Crippen molar-refractivity contribution in [3.8, 4) is 0 Å². The molecule has 2 nitrogen and oxygen atoms in total. The second-order valence-electron chi connectivity index (χ2n) is 4.26. The van der Waals surface area contributed by atoms with Gasteiger partial charge in [-0.15, -0.1) is 0 Å². The fourth-order valence-electron chi connectivity index (χ4n) is 1.99. The molecule has 0 amide bonds. The quantitative estimate of drug-likeness (QED) is 0.790. The molecule has 0 spiro atoms. The number of anilines is 2. The SMILES string of the molecule is CCc1cc(Cc2ccccc2N)ccc1N. The van der Waals surface area contributed by atoms with Crippen LogP contribution in [0.3, 0.4) is 0 Å². The maximum Gasteiger partial charge on any atom is 0.0349 e. The number of benzene rings is 2. The Morgan fingerprint density at radius 1 is 0.882 bits per heavy atom. The molecule has 0 fully saturated rings. The van der Waals surface area contributed by atoms with Gasteiger partial charge in [-0.2, -0.15) is 0 Å². The Morgan fingerprint density at radius 2 is 1.59 bits per heavy atom. The molecule has 0 saturated heterocycles. The summed E-state index contributed by atoms with van der Waals surface area (Å²) < 4.78 is 0. The van der Waals surface area contributed by atoms with Gasteiger partial charge in [0.15, 0.2) is 0 Å². The van der Waals surface area contributed by atoms with Gasteiger partial charge >= 0.3 is 0 Å². The molecular weight excluding hydrogens is 208 g/mol. The van der Waals surface area contributed by atoms with Crippen LogP contribution in [0.5, 0.6) is 0 Å². The van der Waals surface area contributed by atoms with Gasteiger partial charge in [-0.25, -0.2) is 0 Å². The Hall–Kier alpha value is -1.96.